The molecule has 1 N–H and O–H groups in total. The highest BCUT2D eigenvalue weighted by molar-refractivity contribution is 6.37. The second kappa shape index (κ2) is 7.73. The Morgan fingerprint density at radius 3 is 2.71 bits per heavy atom. The van der Waals surface area contributed by atoms with Crippen molar-refractivity contribution in [1.29, 1.82) is 0 Å². The SMILES string of the molecule is Cc1nc(N2CCC3(CC2)CO[C@@H](C)C3)c(CO)nc1-c1ccc2cnn(C)c2c1Cl. The van der Waals surface area contributed by atoms with Crippen molar-refractivity contribution in [2.24, 2.45) is 12.5 Å². The van der Waals surface area contributed by atoms with E-state index in [1.54, 1.807) is 10.9 Å². The molecule has 8 heteroatoms. The van der Waals surface area contributed by atoms with Crippen LogP contribution >= 0.6 is 11.6 Å². The topological polar surface area (TPSA) is 76.3 Å². The number of aromatic nitrogens is 4. The lowest BCUT2D eigenvalue weighted by Gasteiger charge is -2.39. The van der Waals surface area contributed by atoms with E-state index in [2.05, 4.69) is 16.9 Å². The maximum Gasteiger partial charge on any atom is 0.153 e. The number of nitrogens with zero attached hydrogens (tertiary/aromatic N) is 5. The molecule has 0 amide bonds. The van der Waals surface area contributed by atoms with Crippen LogP contribution in [0.1, 0.15) is 37.6 Å². The summed E-state index contributed by atoms with van der Waals surface area (Å²) in [5.41, 5.74) is 4.06. The fourth-order valence-corrected chi connectivity index (χ4v) is 5.53. The molecule has 2 fully saturated rings. The van der Waals surface area contributed by atoms with Gasteiger partial charge < -0.3 is 14.7 Å². The van der Waals surface area contributed by atoms with Gasteiger partial charge in [-0.1, -0.05) is 23.7 Å². The minimum atomic E-state index is -0.164. The highest BCUT2D eigenvalue weighted by atomic mass is 35.5. The van der Waals surface area contributed by atoms with Gasteiger partial charge in [-0.2, -0.15) is 5.10 Å². The molecule has 0 saturated carbocycles. The van der Waals surface area contributed by atoms with Crippen molar-refractivity contribution in [2.75, 3.05) is 24.6 Å². The average Bonchev–Trinajstić information content (AvgIpc) is 3.32. The maximum absolute atomic E-state index is 10.1. The van der Waals surface area contributed by atoms with Crippen LogP contribution in [0.5, 0.6) is 0 Å². The molecule has 5 rings (SSSR count). The van der Waals surface area contributed by atoms with Crippen LogP contribution < -0.4 is 4.90 Å². The number of anilines is 1. The number of rotatable bonds is 3. The molecule has 4 heterocycles. The van der Waals surface area contributed by atoms with Crippen molar-refractivity contribution < 1.29 is 9.84 Å². The summed E-state index contributed by atoms with van der Waals surface area (Å²) < 4.78 is 7.62. The normalized spacial score (nSPS) is 20.8. The summed E-state index contributed by atoms with van der Waals surface area (Å²) in [5, 5.41) is 16.0. The Hall–Kier alpha value is -2.22. The lowest BCUT2D eigenvalue weighted by atomic mass is 9.77. The van der Waals surface area contributed by atoms with Gasteiger partial charge in [0.05, 0.1) is 47.4 Å². The van der Waals surface area contributed by atoms with Crippen LogP contribution in [0.25, 0.3) is 22.2 Å². The van der Waals surface area contributed by atoms with Crippen LogP contribution in [0.4, 0.5) is 5.82 Å². The van der Waals surface area contributed by atoms with Crippen LogP contribution in [0, 0.1) is 12.3 Å². The average molecular weight is 442 g/mol. The van der Waals surface area contributed by atoms with E-state index in [9.17, 15) is 5.11 Å². The smallest absolute Gasteiger partial charge is 0.153 e. The first-order valence-electron chi connectivity index (χ1n) is 10.9. The number of fused-ring (bicyclic) bond motifs is 1. The van der Waals surface area contributed by atoms with Crippen molar-refractivity contribution in [1.82, 2.24) is 19.7 Å². The Morgan fingerprint density at radius 2 is 2.03 bits per heavy atom. The monoisotopic (exact) mass is 441 g/mol. The van der Waals surface area contributed by atoms with Crippen LogP contribution in [0.15, 0.2) is 18.3 Å². The summed E-state index contributed by atoms with van der Waals surface area (Å²) in [6.07, 6.45) is 5.43. The van der Waals surface area contributed by atoms with Crippen LogP contribution in [-0.2, 0) is 18.4 Å². The molecule has 2 aliphatic rings. The number of benzene rings is 1. The standard InChI is InChI=1S/C23H28ClN5O2/c1-14-10-23(13-31-14)6-8-29(9-7-23)22-18(12-30)27-20(15(2)26-22)17-5-4-16-11-25-28(3)21(16)19(17)24/h4-5,11,14,30H,6-10,12-13H2,1-3H3/t14-/m0/s1. The Labute approximate surface area is 187 Å². The van der Waals surface area contributed by atoms with Crippen molar-refractivity contribution >= 4 is 28.3 Å². The van der Waals surface area contributed by atoms with E-state index in [0.29, 0.717) is 27.9 Å². The van der Waals surface area contributed by atoms with Crippen molar-refractivity contribution in [3.8, 4) is 11.3 Å². The molecular weight excluding hydrogens is 414 g/mol. The fourth-order valence-electron chi connectivity index (χ4n) is 5.15. The molecule has 0 radical (unpaired) electrons. The number of aliphatic hydroxyl groups is 1. The van der Waals surface area contributed by atoms with Gasteiger partial charge in [-0.3, -0.25) is 4.68 Å². The molecule has 2 aliphatic heterocycles. The third kappa shape index (κ3) is 3.49. The molecule has 0 unspecified atom stereocenters. The molecule has 31 heavy (non-hydrogen) atoms. The molecule has 3 aromatic rings. The third-order valence-corrected chi connectivity index (χ3v) is 7.27. The molecule has 1 aromatic carbocycles. The zero-order valence-electron chi connectivity index (χ0n) is 18.2. The first kappa shape index (κ1) is 20.7. The van der Waals surface area contributed by atoms with Gasteiger partial charge in [0, 0.05) is 31.1 Å². The second-order valence-corrected chi connectivity index (χ2v) is 9.41. The van der Waals surface area contributed by atoms with Gasteiger partial charge in [-0.05, 0) is 38.5 Å². The van der Waals surface area contributed by atoms with Crippen molar-refractivity contribution in [2.45, 2.75) is 45.8 Å². The van der Waals surface area contributed by atoms with Gasteiger partial charge >= 0.3 is 0 Å². The third-order valence-electron chi connectivity index (χ3n) is 6.89. The Kier molecular flexibility index (Phi) is 5.15. The van der Waals surface area contributed by atoms with Crippen LogP contribution in [0.3, 0.4) is 0 Å². The number of halogens is 1. The summed E-state index contributed by atoms with van der Waals surface area (Å²) in [4.78, 5) is 12.0. The van der Waals surface area contributed by atoms with E-state index in [4.69, 9.17) is 26.3 Å². The first-order chi connectivity index (χ1) is 14.9. The molecule has 2 saturated heterocycles. The number of hydrogen-bond acceptors (Lipinski definition) is 6. The van der Waals surface area contributed by atoms with Gasteiger partial charge in [0.25, 0.3) is 0 Å². The van der Waals surface area contributed by atoms with E-state index in [0.717, 1.165) is 66.9 Å². The van der Waals surface area contributed by atoms with Crippen LogP contribution in [0.2, 0.25) is 5.02 Å². The number of hydrogen-bond donors (Lipinski definition) is 1. The van der Waals surface area contributed by atoms with Gasteiger partial charge in [-0.15, -0.1) is 0 Å². The summed E-state index contributed by atoms with van der Waals surface area (Å²) in [6, 6.07) is 3.95. The number of aryl methyl sites for hydroxylation is 2. The first-order valence-corrected chi connectivity index (χ1v) is 11.2. The van der Waals surface area contributed by atoms with E-state index in [-0.39, 0.29) is 6.61 Å². The molecule has 0 bridgehead atoms. The number of aliphatic hydroxyl groups excluding tert-OH is 1. The van der Waals surface area contributed by atoms with Crippen molar-refractivity contribution in [3.05, 3.63) is 34.7 Å². The largest absolute Gasteiger partial charge is 0.390 e. The van der Waals surface area contributed by atoms with Crippen molar-refractivity contribution in [3.63, 3.8) is 0 Å². The minimum Gasteiger partial charge on any atom is -0.390 e. The number of piperidine rings is 1. The van der Waals surface area contributed by atoms with Crippen LogP contribution in [-0.4, -0.2) is 50.7 Å². The summed E-state index contributed by atoms with van der Waals surface area (Å²) in [7, 11) is 1.87. The Balaban J connectivity index is 1.48. The minimum absolute atomic E-state index is 0.164. The van der Waals surface area contributed by atoms with E-state index in [1.807, 2.05) is 26.1 Å². The summed E-state index contributed by atoms with van der Waals surface area (Å²) in [5.74, 6) is 0.781. The fraction of sp³-hybridized carbons (Fsp3) is 0.522. The molecule has 1 atom stereocenters. The van der Waals surface area contributed by atoms with Gasteiger partial charge in [0.15, 0.2) is 5.82 Å². The highest BCUT2D eigenvalue weighted by Gasteiger charge is 2.41. The summed E-state index contributed by atoms with van der Waals surface area (Å²) in [6.45, 7) is 6.61. The molecule has 7 nitrogen and oxygen atoms in total. The van der Waals surface area contributed by atoms with E-state index in [1.165, 1.54) is 0 Å². The lowest BCUT2D eigenvalue weighted by molar-refractivity contribution is 0.0975. The molecular formula is C23H28ClN5O2. The Morgan fingerprint density at radius 1 is 1.26 bits per heavy atom. The second-order valence-electron chi connectivity index (χ2n) is 9.03. The van der Waals surface area contributed by atoms with Gasteiger partial charge in [-0.25, -0.2) is 9.97 Å². The van der Waals surface area contributed by atoms with E-state index >= 15 is 0 Å². The number of ether oxygens (including phenoxy) is 1. The zero-order valence-corrected chi connectivity index (χ0v) is 19.0. The quantitative estimate of drug-likeness (QED) is 0.664. The van der Waals surface area contributed by atoms with E-state index < -0.39 is 0 Å². The van der Waals surface area contributed by atoms with Gasteiger partial charge in [0.1, 0.15) is 5.69 Å². The Bertz CT molecular complexity index is 1140. The maximum atomic E-state index is 10.1. The summed E-state index contributed by atoms with van der Waals surface area (Å²) >= 11 is 6.75. The molecule has 2 aromatic heterocycles. The molecule has 164 valence electrons. The predicted molar refractivity (Wildman–Crippen MR) is 121 cm³/mol. The zero-order chi connectivity index (χ0) is 21.8. The highest BCUT2D eigenvalue weighted by Crippen LogP contribution is 2.43. The van der Waals surface area contributed by atoms with Gasteiger partial charge in [0.2, 0.25) is 0 Å². The predicted octanol–water partition coefficient (Wildman–Crippen LogP) is 3.88. The lowest BCUT2D eigenvalue weighted by Crippen LogP contribution is -2.41. The molecule has 0 aliphatic carbocycles. The molecule has 1 spiro atoms.